The predicted octanol–water partition coefficient (Wildman–Crippen LogP) is 2.50. The quantitative estimate of drug-likeness (QED) is 0.647. The maximum atomic E-state index is 11.2. The number of amides is 1. The van der Waals surface area contributed by atoms with Gasteiger partial charge < -0.3 is 9.26 Å². The number of ether oxygens (including phenoxy) is 1. The number of nitrogens with one attached hydrogen (secondary N) is 1. The summed E-state index contributed by atoms with van der Waals surface area (Å²) in [5.41, 5.74) is 2.29. The van der Waals surface area contributed by atoms with Crippen molar-refractivity contribution in [1.29, 1.82) is 0 Å². The fourth-order valence-electron chi connectivity index (χ4n) is 1.55. The molecule has 0 aliphatic heterocycles. The van der Waals surface area contributed by atoms with Crippen LogP contribution in [0, 0.1) is 5.92 Å². The van der Waals surface area contributed by atoms with Crippen molar-refractivity contribution < 1.29 is 19.3 Å². The Morgan fingerprint density at radius 3 is 2.70 bits per heavy atom. The minimum atomic E-state index is -0.711. The van der Waals surface area contributed by atoms with E-state index in [1.54, 1.807) is 0 Å². The van der Waals surface area contributed by atoms with Crippen molar-refractivity contribution in [2.24, 2.45) is 5.92 Å². The molecular weight excluding hydrogens is 260 g/mol. The molecule has 2 N–H and O–H groups in total. The van der Waals surface area contributed by atoms with Crippen LogP contribution in [0.3, 0.4) is 0 Å². The second-order valence-electron chi connectivity index (χ2n) is 4.75. The molecule has 1 amide bonds. The van der Waals surface area contributed by atoms with E-state index in [0.717, 1.165) is 11.3 Å². The third-order valence-corrected chi connectivity index (χ3v) is 2.57. The molecule has 0 spiro atoms. The Morgan fingerprint density at radius 2 is 2.10 bits per heavy atom. The van der Waals surface area contributed by atoms with E-state index in [9.17, 15) is 4.79 Å². The number of rotatable bonds is 5. The summed E-state index contributed by atoms with van der Waals surface area (Å²) in [7, 11) is 0. The summed E-state index contributed by atoms with van der Waals surface area (Å²) in [6.45, 7) is 4.82. The van der Waals surface area contributed by atoms with Crippen molar-refractivity contribution in [3.63, 3.8) is 0 Å². The first-order chi connectivity index (χ1) is 9.60. The van der Waals surface area contributed by atoms with Gasteiger partial charge in [0.2, 0.25) is 0 Å². The average molecular weight is 276 g/mol. The minimum absolute atomic E-state index is 0.0163. The highest BCUT2D eigenvalue weighted by Gasteiger charge is 2.12. The summed E-state index contributed by atoms with van der Waals surface area (Å²) in [4.78, 5) is 11.2. The molecule has 2 aromatic rings. The molecule has 1 aromatic heterocycles. The van der Waals surface area contributed by atoms with E-state index in [1.165, 1.54) is 11.5 Å². The number of carbonyl (C=O) groups excluding carboxylic acids is 1. The first-order valence-corrected chi connectivity index (χ1v) is 6.24. The van der Waals surface area contributed by atoms with Crippen LogP contribution in [0.25, 0.3) is 11.3 Å². The zero-order chi connectivity index (χ0) is 14.5. The van der Waals surface area contributed by atoms with Crippen LogP contribution in [0.2, 0.25) is 0 Å². The molecule has 6 nitrogen and oxygen atoms in total. The van der Waals surface area contributed by atoms with Crippen molar-refractivity contribution in [2.45, 2.75) is 13.8 Å². The SMILES string of the molecule is CC(C)COc1ccc(-c2cc(C(=O)NO)no2)cc1. The zero-order valence-corrected chi connectivity index (χ0v) is 11.3. The largest absolute Gasteiger partial charge is 0.493 e. The molecule has 1 aromatic carbocycles. The van der Waals surface area contributed by atoms with E-state index in [0.29, 0.717) is 18.3 Å². The second-order valence-corrected chi connectivity index (χ2v) is 4.75. The van der Waals surface area contributed by atoms with Gasteiger partial charge in [-0.05, 0) is 30.2 Å². The van der Waals surface area contributed by atoms with Crippen molar-refractivity contribution in [3.05, 3.63) is 36.0 Å². The molecule has 2 rings (SSSR count). The number of aromatic nitrogens is 1. The van der Waals surface area contributed by atoms with Crippen molar-refractivity contribution in [3.8, 4) is 17.1 Å². The summed E-state index contributed by atoms with van der Waals surface area (Å²) in [5, 5.41) is 12.1. The molecule has 106 valence electrons. The Kier molecular flexibility index (Phi) is 4.37. The molecule has 0 saturated carbocycles. The molecule has 0 aliphatic carbocycles. The van der Waals surface area contributed by atoms with Crippen LogP contribution in [0.4, 0.5) is 0 Å². The van der Waals surface area contributed by atoms with Gasteiger partial charge in [0, 0.05) is 11.6 Å². The molecule has 0 bridgehead atoms. The molecule has 20 heavy (non-hydrogen) atoms. The lowest BCUT2D eigenvalue weighted by molar-refractivity contribution is 0.0696. The van der Waals surface area contributed by atoms with E-state index in [2.05, 4.69) is 19.0 Å². The summed E-state index contributed by atoms with van der Waals surface area (Å²) in [6, 6.07) is 8.74. The highest BCUT2D eigenvalue weighted by atomic mass is 16.5. The Morgan fingerprint density at radius 1 is 1.40 bits per heavy atom. The second kappa shape index (κ2) is 6.21. The van der Waals surface area contributed by atoms with Crippen LogP contribution in [0.15, 0.2) is 34.9 Å². The Bertz CT molecular complexity index is 575. The number of hydrogen-bond acceptors (Lipinski definition) is 5. The molecule has 0 aliphatic rings. The predicted molar refractivity (Wildman–Crippen MR) is 71.5 cm³/mol. The van der Waals surface area contributed by atoms with E-state index in [4.69, 9.17) is 14.5 Å². The van der Waals surface area contributed by atoms with Gasteiger partial charge in [-0.1, -0.05) is 19.0 Å². The van der Waals surface area contributed by atoms with E-state index in [1.807, 2.05) is 24.3 Å². The van der Waals surface area contributed by atoms with Gasteiger partial charge in [0.1, 0.15) is 5.75 Å². The van der Waals surface area contributed by atoms with Gasteiger partial charge in [0.25, 0.3) is 5.91 Å². The maximum Gasteiger partial charge on any atom is 0.296 e. The third kappa shape index (κ3) is 3.36. The van der Waals surface area contributed by atoms with E-state index >= 15 is 0 Å². The molecule has 0 radical (unpaired) electrons. The zero-order valence-electron chi connectivity index (χ0n) is 11.3. The van der Waals surface area contributed by atoms with Gasteiger partial charge >= 0.3 is 0 Å². The van der Waals surface area contributed by atoms with Crippen LogP contribution in [-0.2, 0) is 0 Å². The lowest BCUT2D eigenvalue weighted by Gasteiger charge is -2.08. The van der Waals surface area contributed by atoms with Crippen LogP contribution in [-0.4, -0.2) is 22.9 Å². The summed E-state index contributed by atoms with van der Waals surface area (Å²) in [6.07, 6.45) is 0. The van der Waals surface area contributed by atoms with Gasteiger partial charge in [-0.3, -0.25) is 10.0 Å². The Hall–Kier alpha value is -2.34. The monoisotopic (exact) mass is 276 g/mol. The first-order valence-electron chi connectivity index (χ1n) is 6.24. The molecule has 6 heteroatoms. The fourth-order valence-corrected chi connectivity index (χ4v) is 1.55. The topological polar surface area (TPSA) is 84.6 Å². The smallest absolute Gasteiger partial charge is 0.296 e. The lowest BCUT2D eigenvalue weighted by Crippen LogP contribution is -2.18. The highest BCUT2D eigenvalue weighted by Crippen LogP contribution is 2.23. The van der Waals surface area contributed by atoms with Crippen LogP contribution in [0.5, 0.6) is 5.75 Å². The molecular formula is C14H16N2O4. The number of carbonyl (C=O) groups is 1. The maximum absolute atomic E-state index is 11.2. The van der Waals surface area contributed by atoms with Gasteiger partial charge in [-0.25, -0.2) is 5.48 Å². The molecule has 0 unspecified atom stereocenters. The van der Waals surface area contributed by atoms with Crippen molar-refractivity contribution >= 4 is 5.91 Å². The lowest BCUT2D eigenvalue weighted by atomic mass is 10.1. The number of hydroxylamine groups is 1. The highest BCUT2D eigenvalue weighted by molar-refractivity contribution is 5.92. The normalized spacial score (nSPS) is 10.6. The number of benzene rings is 1. The van der Waals surface area contributed by atoms with Gasteiger partial charge in [-0.2, -0.15) is 0 Å². The van der Waals surface area contributed by atoms with Crippen LogP contribution in [0.1, 0.15) is 24.3 Å². The Labute approximate surface area is 116 Å². The van der Waals surface area contributed by atoms with Crippen LogP contribution >= 0.6 is 0 Å². The van der Waals surface area contributed by atoms with E-state index in [-0.39, 0.29) is 5.69 Å². The van der Waals surface area contributed by atoms with Gasteiger partial charge in [0.05, 0.1) is 6.61 Å². The molecule has 0 saturated heterocycles. The van der Waals surface area contributed by atoms with Gasteiger partial charge in [0.15, 0.2) is 11.5 Å². The molecule has 0 fully saturated rings. The summed E-state index contributed by atoms with van der Waals surface area (Å²) in [5.74, 6) is 0.967. The van der Waals surface area contributed by atoms with E-state index < -0.39 is 5.91 Å². The fraction of sp³-hybridized carbons (Fsp3) is 0.286. The van der Waals surface area contributed by atoms with Crippen LogP contribution < -0.4 is 10.2 Å². The molecule has 1 heterocycles. The summed E-state index contributed by atoms with van der Waals surface area (Å²) < 4.78 is 10.6. The van der Waals surface area contributed by atoms with Gasteiger partial charge in [-0.15, -0.1) is 0 Å². The number of hydrogen-bond donors (Lipinski definition) is 2. The Balaban J connectivity index is 2.09. The number of nitrogens with zero attached hydrogens (tertiary/aromatic N) is 1. The standard InChI is InChI=1S/C14H16N2O4/c1-9(2)8-19-11-5-3-10(4-6-11)13-7-12(16-20-13)14(17)15-18/h3-7,9,18H,8H2,1-2H3,(H,15,17). The molecule has 0 atom stereocenters. The first kappa shape index (κ1) is 14.1. The van der Waals surface area contributed by atoms with Crippen molar-refractivity contribution in [2.75, 3.05) is 6.61 Å². The van der Waals surface area contributed by atoms with Crippen molar-refractivity contribution in [1.82, 2.24) is 10.6 Å². The summed E-state index contributed by atoms with van der Waals surface area (Å²) >= 11 is 0. The average Bonchev–Trinajstić information content (AvgIpc) is 2.94. The third-order valence-electron chi connectivity index (χ3n) is 2.57. The minimum Gasteiger partial charge on any atom is -0.493 e.